The van der Waals surface area contributed by atoms with E-state index >= 15 is 0 Å². The lowest BCUT2D eigenvalue weighted by atomic mass is 10.1. The molecule has 0 aromatic heterocycles. The van der Waals surface area contributed by atoms with Crippen LogP contribution in [0.5, 0.6) is 5.75 Å². The number of hydrogen-bond donors (Lipinski definition) is 0. The summed E-state index contributed by atoms with van der Waals surface area (Å²) in [5.41, 5.74) is 0.212. The molecule has 0 spiro atoms. The Morgan fingerprint density at radius 3 is 2.47 bits per heavy atom. The first-order chi connectivity index (χ1) is 8.94. The van der Waals surface area contributed by atoms with Gasteiger partial charge >= 0.3 is 0 Å². The van der Waals surface area contributed by atoms with E-state index in [1.165, 1.54) is 0 Å². The monoisotopic (exact) mass is 266 g/mol. The van der Waals surface area contributed by atoms with E-state index in [1.807, 2.05) is 32.9 Å². The minimum absolute atomic E-state index is 0.0498. The van der Waals surface area contributed by atoms with Crippen LogP contribution in [0, 0.1) is 0 Å². The Morgan fingerprint density at radius 1 is 1.16 bits per heavy atom. The molecular weight excluding hydrogens is 244 g/mol. The molecule has 106 valence electrons. The van der Waals surface area contributed by atoms with E-state index in [9.17, 15) is 4.79 Å². The third-order valence-corrected chi connectivity index (χ3v) is 2.37. The third-order valence-electron chi connectivity index (χ3n) is 2.37. The number of para-hydroxylation sites is 1. The summed E-state index contributed by atoms with van der Waals surface area (Å²) >= 11 is 0. The number of benzene rings is 1. The fourth-order valence-electron chi connectivity index (χ4n) is 1.42. The summed E-state index contributed by atoms with van der Waals surface area (Å²) in [5, 5.41) is 0. The maximum absolute atomic E-state index is 12.1. The lowest BCUT2D eigenvalue weighted by Crippen LogP contribution is -2.24. The van der Waals surface area contributed by atoms with E-state index in [0.29, 0.717) is 24.5 Å². The molecule has 19 heavy (non-hydrogen) atoms. The van der Waals surface area contributed by atoms with Gasteiger partial charge in [0.15, 0.2) is 5.78 Å². The molecule has 0 heterocycles. The van der Waals surface area contributed by atoms with E-state index in [0.717, 1.165) is 0 Å². The molecule has 0 fully saturated rings. The second kappa shape index (κ2) is 7.26. The van der Waals surface area contributed by atoms with Crippen LogP contribution in [-0.2, 0) is 9.47 Å². The molecule has 4 heteroatoms. The van der Waals surface area contributed by atoms with Crippen LogP contribution >= 0.6 is 0 Å². The zero-order valence-electron chi connectivity index (χ0n) is 12.1. The van der Waals surface area contributed by atoms with Crippen LogP contribution in [0.25, 0.3) is 0 Å². The molecule has 0 amide bonds. The quantitative estimate of drug-likeness (QED) is 0.562. The zero-order valence-corrected chi connectivity index (χ0v) is 12.1. The van der Waals surface area contributed by atoms with Gasteiger partial charge in [0, 0.05) is 7.11 Å². The number of carbonyl (C=O) groups is 1. The lowest BCUT2D eigenvalue weighted by Gasteiger charge is -2.19. The summed E-state index contributed by atoms with van der Waals surface area (Å²) in [6, 6.07) is 7.17. The van der Waals surface area contributed by atoms with Crippen molar-refractivity contribution in [3.05, 3.63) is 29.8 Å². The Morgan fingerprint density at radius 2 is 1.84 bits per heavy atom. The van der Waals surface area contributed by atoms with E-state index in [2.05, 4.69) is 0 Å². The van der Waals surface area contributed by atoms with Crippen LogP contribution in [0.2, 0.25) is 0 Å². The molecule has 0 N–H and O–H groups in total. The molecule has 0 saturated heterocycles. The third kappa shape index (κ3) is 5.85. The highest BCUT2D eigenvalue weighted by Gasteiger charge is 2.16. The Hall–Kier alpha value is -1.39. The van der Waals surface area contributed by atoms with Crippen LogP contribution in [0.4, 0.5) is 0 Å². The molecule has 1 rings (SSSR count). The average molecular weight is 266 g/mol. The van der Waals surface area contributed by atoms with Crippen molar-refractivity contribution in [2.24, 2.45) is 0 Å². The number of carbonyl (C=O) groups excluding carboxylic acids is 1. The van der Waals surface area contributed by atoms with Gasteiger partial charge in [-0.3, -0.25) is 4.79 Å². The second-order valence-electron chi connectivity index (χ2n) is 5.16. The van der Waals surface area contributed by atoms with Crippen molar-refractivity contribution in [1.82, 2.24) is 0 Å². The number of rotatable bonds is 7. The van der Waals surface area contributed by atoms with Gasteiger partial charge in [-0.2, -0.15) is 0 Å². The smallest absolute Gasteiger partial charge is 0.192 e. The van der Waals surface area contributed by atoms with Gasteiger partial charge in [0.25, 0.3) is 0 Å². The Kier molecular flexibility index (Phi) is 5.99. The number of ether oxygens (including phenoxy) is 3. The molecule has 0 bridgehead atoms. The summed E-state index contributed by atoms with van der Waals surface area (Å²) in [4.78, 5) is 12.1. The van der Waals surface area contributed by atoms with Crippen LogP contribution in [0.15, 0.2) is 24.3 Å². The summed E-state index contributed by atoms with van der Waals surface area (Å²) in [6.07, 6.45) is 0. The first kappa shape index (κ1) is 15.7. The van der Waals surface area contributed by atoms with E-state index in [1.54, 1.807) is 19.2 Å². The summed E-state index contributed by atoms with van der Waals surface area (Å²) < 4.78 is 15.9. The number of methoxy groups -OCH3 is 1. The molecule has 1 aromatic carbocycles. The Labute approximate surface area is 114 Å². The molecular formula is C15H22O4. The fraction of sp³-hybridized carbons (Fsp3) is 0.533. The summed E-state index contributed by atoms with van der Waals surface area (Å²) in [7, 11) is 1.61. The zero-order chi connectivity index (χ0) is 14.3. The highest BCUT2D eigenvalue weighted by atomic mass is 16.5. The highest BCUT2D eigenvalue weighted by Crippen LogP contribution is 2.19. The van der Waals surface area contributed by atoms with Gasteiger partial charge in [0.2, 0.25) is 0 Å². The van der Waals surface area contributed by atoms with Crippen LogP contribution < -0.4 is 4.74 Å². The van der Waals surface area contributed by atoms with Crippen LogP contribution in [0.1, 0.15) is 31.1 Å². The highest BCUT2D eigenvalue weighted by molar-refractivity contribution is 5.99. The van der Waals surface area contributed by atoms with Crippen molar-refractivity contribution >= 4 is 5.78 Å². The molecule has 0 aliphatic rings. The summed E-state index contributed by atoms with van der Waals surface area (Å²) in [5.74, 6) is 0.491. The first-order valence-electron chi connectivity index (χ1n) is 6.32. The second-order valence-corrected chi connectivity index (χ2v) is 5.16. The van der Waals surface area contributed by atoms with Gasteiger partial charge in [-0.05, 0) is 32.9 Å². The number of ketones is 1. The maximum atomic E-state index is 12.1. The normalized spacial score (nSPS) is 11.4. The molecule has 0 saturated carbocycles. The maximum Gasteiger partial charge on any atom is 0.192 e. The Bertz CT molecular complexity index is 407. The van der Waals surface area contributed by atoms with Gasteiger partial charge in [-0.15, -0.1) is 0 Å². The predicted molar refractivity (Wildman–Crippen MR) is 73.8 cm³/mol. The number of Topliss-reactive ketones (excluding diaryl/α,β-unsaturated/α-hetero) is 1. The minimum atomic E-state index is -0.332. The Balaban J connectivity index is 2.68. The number of hydrogen-bond acceptors (Lipinski definition) is 4. The van der Waals surface area contributed by atoms with Crippen molar-refractivity contribution in [3.8, 4) is 5.75 Å². The molecule has 4 nitrogen and oxygen atoms in total. The van der Waals surface area contributed by atoms with Crippen molar-refractivity contribution < 1.29 is 19.0 Å². The molecule has 0 unspecified atom stereocenters. The van der Waals surface area contributed by atoms with E-state index in [4.69, 9.17) is 14.2 Å². The SMILES string of the molecule is COCCOc1ccccc1C(=O)COC(C)(C)C. The molecule has 0 aliphatic heterocycles. The van der Waals surface area contributed by atoms with Crippen LogP contribution in [0.3, 0.4) is 0 Å². The fourth-order valence-corrected chi connectivity index (χ4v) is 1.42. The van der Waals surface area contributed by atoms with Crippen molar-refractivity contribution in [2.45, 2.75) is 26.4 Å². The van der Waals surface area contributed by atoms with Crippen LogP contribution in [-0.4, -0.2) is 38.3 Å². The van der Waals surface area contributed by atoms with E-state index < -0.39 is 0 Å². The average Bonchev–Trinajstić information content (AvgIpc) is 2.36. The lowest BCUT2D eigenvalue weighted by molar-refractivity contribution is 0.00291. The molecule has 1 aromatic rings. The van der Waals surface area contributed by atoms with Gasteiger partial charge in [-0.25, -0.2) is 0 Å². The molecule has 0 atom stereocenters. The van der Waals surface area contributed by atoms with Gasteiger partial charge in [-0.1, -0.05) is 12.1 Å². The van der Waals surface area contributed by atoms with Gasteiger partial charge in [0.1, 0.15) is 19.0 Å². The molecule has 0 radical (unpaired) electrons. The van der Waals surface area contributed by atoms with E-state index in [-0.39, 0.29) is 18.0 Å². The van der Waals surface area contributed by atoms with Crippen molar-refractivity contribution in [1.29, 1.82) is 0 Å². The van der Waals surface area contributed by atoms with Gasteiger partial charge in [0.05, 0.1) is 17.8 Å². The largest absolute Gasteiger partial charge is 0.490 e. The van der Waals surface area contributed by atoms with Crippen molar-refractivity contribution in [3.63, 3.8) is 0 Å². The van der Waals surface area contributed by atoms with Gasteiger partial charge < -0.3 is 14.2 Å². The minimum Gasteiger partial charge on any atom is -0.490 e. The topological polar surface area (TPSA) is 44.8 Å². The molecule has 0 aliphatic carbocycles. The van der Waals surface area contributed by atoms with Crippen molar-refractivity contribution in [2.75, 3.05) is 26.9 Å². The standard InChI is InChI=1S/C15H22O4/c1-15(2,3)19-11-13(16)12-7-5-6-8-14(12)18-10-9-17-4/h5-8H,9-11H2,1-4H3. The summed E-state index contributed by atoms with van der Waals surface area (Å²) in [6.45, 7) is 6.71. The first-order valence-corrected chi connectivity index (χ1v) is 6.32. The predicted octanol–water partition coefficient (Wildman–Crippen LogP) is 2.71.